The van der Waals surface area contributed by atoms with Gasteiger partial charge in [0.15, 0.2) is 6.29 Å². The Labute approximate surface area is 71.4 Å². The number of nitrogens with zero attached hydrogens (tertiary/aromatic N) is 1. The summed E-state index contributed by atoms with van der Waals surface area (Å²) in [7, 11) is 0. The summed E-state index contributed by atoms with van der Waals surface area (Å²) < 4.78 is 36.9. The number of aldehydes is 1. The number of pyridine rings is 1. The Bertz CT molecular complexity index is 341. The lowest BCUT2D eigenvalue weighted by atomic mass is 10.2. The van der Waals surface area contributed by atoms with Gasteiger partial charge in [0.05, 0.1) is 5.56 Å². The number of hydrogen-bond acceptors (Lipinski definition) is 3. The second kappa shape index (κ2) is 3.42. The van der Waals surface area contributed by atoms with E-state index >= 15 is 0 Å². The Balaban J connectivity index is 3.38. The van der Waals surface area contributed by atoms with Gasteiger partial charge in [0.2, 0.25) is 5.95 Å². The van der Waals surface area contributed by atoms with Crippen LogP contribution >= 0.6 is 0 Å². The normalized spacial score (nSPS) is 10.5. The molecule has 70 valence electrons. The summed E-state index contributed by atoms with van der Waals surface area (Å²) in [5, 5.41) is 0. The van der Waals surface area contributed by atoms with Gasteiger partial charge in [0, 0.05) is 11.8 Å². The summed E-state index contributed by atoms with van der Waals surface area (Å²) in [6.45, 7) is 0. The summed E-state index contributed by atoms with van der Waals surface area (Å²) in [5.74, 6) is -1.05. The molecule has 0 radical (unpaired) electrons. The van der Waals surface area contributed by atoms with Crippen LogP contribution in [0.25, 0.3) is 0 Å². The smallest absolute Gasteiger partial charge is 0.268 e. The molecular formula is C7H5F3N2O. The summed E-state index contributed by atoms with van der Waals surface area (Å²) in [5.41, 5.74) is 3.23. The average Bonchev–Trinajstić information content (AvgIpc) is 2.01. The van der Waals surface area contributed by atoms with Crippen molar-refractivity contribution >= 4 is 12.0 Å². The number of hydrogen-bond donors (Lipinski definition) is 1. The Morgan fingerprint density at radius 1 is 1.54 bits per heavy atom. The van der Waals surface area contributed by atoms with E-state index in [1.54, 1.807) is 0 Å². The predicted molar refractivity (Wildman–Crippen MR) is 39.0 cm³/mol. The number of alkyl halides is 2. The largest absolute Gasteiger partial charge is 0.398 e. The molecule has 2 N–H and O–H groups in total. The molecule has 13 heavy (non-hydrogen) atoms. The molecule has 0 bridgehead atoms. The summed E-state index contributed by atoms with van der Waals surface area (Å²) in [4.78, 5) is 13.2. The van der Waals surface area contributed by atoms with Crippen LogP contribution in [0.15, 0.2) is 6.07 Å². The Hall–Kier alpha value is -1.59. The first-order valence-corrected chi connectivity index (χ1v) is 3.25. The van der Waals surface area contributed by atoms with E-state index < -0.39 is 29.3 Å². The van der Waals surface area contributed by atoms with Crippen molar-refractivity contribution in [1.82, 2.24) is 4.98 Å². The topological polar surface area (TPSA) is 56.0 Å². The molecule has 0 aromatic carbocycles. The van der Waals surface area contributed by atoms with Crippen LogP contribution in [0.3, 0.4) is 0 Å². The van der Waals surface area contributed by atoms with Gasteiger partial charge in [-0.05, 0) is 0 Å². The molecule has 1 aromatic heterocycles. The zero-order valence-electron chi connectivity index (χ0n) is 6.30. The Morgan fingerprint density at radius 3 is 2.62 bits per heavy atom. The van der Waals surface area contributed by atoms with Crippen LogP contribution in [-0.4, -0.2) is 11.3 Å². The number of nitrogens with two attached hydrogens (primary N) is 1. The fraction of sp³-hybridized carbons (Fsp3) is 0.143. The molecule has 0 unspecified atom stereocenters. The van der Waals surface area contributed by atoms with Gasteiger partial charge in [-0.3, -0.25) is 4.79 Å². The lowest BCUT2D eigenvalue weighted by Crippen LogP contribution is -2.04. The highest BCUT2D eigenvalue weighted by Gasteiger charge is 2.18. The minimum atomic E-state index is -2.94. The fourth-order valence-corrected chi connectivity index (χ4v) is 0.889. The number of nitrogen functional groups attached to an aromatic ring is 1. The maximum absolute atomic E-state index is 12.5. The van der Waals surface area contributed by atoms with Gasteiger partial charge < -0.3 is 5.73 Å². The quantitative estimate of drug-likeness (QED) is 0.568. The van der Waals surface area contributed by atoms with Gasteiger partial charge >= 0.3 is 0 Å². The molecule has 1 rings (SSSR count). The standard InChI is InChI=1S/C7H5F3N2O/c8-5-1-3(11)6(7(9)10)4(2-13)12-5/h1-2,7H,(H2,11,12). The van der Waals surface area contributed by atoms with Gasteiger partial charge in [-0.1, -0.05) is 0 Å². The van der Waals surface area contributed by atoms with Crippen molar-refractivity contribution in [2.24, 2.45) is 0 Å². The van der Waals surface area contributed by atoms with Crippen molar-refractivity contribution in [3.8, 4) is 0 Å². The number of aromatic nitrogens is 1. The molecule has 0 amide bonds. The van der Waals surface area contributed by atoms with Crippen molar-refractivity contribution < 1.29 is 18.0 Å². The molecule has 3 nitrogen and oxygen atoms in total. The van der Waals surface area contributed by atoms with Crippen LogP contribution in [0.1, 0.15) is 22.5 Å². The molecule has 0 aliphatic heterocycles. The van der Waals surface area contributed by atoms with Crippen molar-refractivity contribution in [3.05, 3.63) is 23.3 Å². The van der Waals surface area contributed by atoms with Crippen LogP contribution in [0.5, 0.6) is 0 Å². The predicted octanol–water partition coefficient (Wildman–Crippen LogP) is 1.55. The Kier molecular flexibility index (Phi) is 2.50. The van der Waals surface area contributed by atoms with E-state index in [1.165, 1.54) is 0 Å². The Morgan fingerprint density at radius 2 is 2.15 bits per heavy atom. The fourth-order valence-electron chi connectivity index (χ4n) is 0.889. The maximum atomic E-state index is 12.5. The molecule has 0 saturated carbocycles. The molecule has 6 heteroatoms. The van der Waals surface area contributed by atoms with Crippen LogP contribution in [0.4, 0.5) is 18.9 Å². The lowest BCUT2D eigenvalue weighted by Gasteiger charge is -2.05. The number of carbonyl (C=O) groups excluding carboxylic acids is 1. The van der Waals surface area contributed by atoms with Gasteiger partial charge in [-0.25, -0.2) is 13.8 Å². The highest BCUT2D eigenvalue weighted by atomic mass is 19.3. The van der Waals surface area contributed by atoms with Crippen molar-refractivity contribution in [2.75, 3.05) is 5.73 Å². The third-order valence-corrected chi connectivity index (χ3v) is 1.42. The number of rotatable bonds is 2. The zero-order chi connectivity index (χ0) is 10.0. The number of anilines is 1. The van der Waals surface area contributed by atoms with E-state index in [0.29, 0.717) is 6.07 Å². The van der Waals surface area contributed by atoms with Gasteiger partial charge in [0.25, 0.3) is 6.43 Å². The van der Waals surface area contributed by atoms with E-state index in [4.69, 9.17) is 5.73 Å². The molecule has 0 aliphatic rings. The second-order valence-electron chi connectivity index (χ2n) is 2.25. The highest BCUT2D eigenvalue weighted by Crippen LogP contribution is 2.26. The monoisotopic (exact) mass is 190 g/mol. The summed E-state index contributed by atoms with van der Waals surface area (Å²) in [6.07, 6.45) is -2.89. The molecule has 0 fully saturated rings. The van der Waals surface area contributed by atoms with Crippen LogP contribution < -0.4 is 5.73 Å². The molecule has 0 aliphatic carbocycles. The van der Waals surface area contributed by atoms with Gasteiger partial charge in [-0.2, -0.15) is 4.39 Å². The molecule has 0 saturated heterocycles. The molecule has 1 heterocycles. The highest BCUT2D eigenvalue weighted by molar-refractivity contribution is 5.77. The first-order chi connectivity index (χ1) is 6.06. The first kappa shape index (κ1) is 9.50. The minimum absolute atomic E-state index is 0.0426. The maximum Gasteiger partial charge on any atom is 0.268 e. The van der Waals surface area contributed by atoms with Crippen molar-refractivity contribution in [1.29, 1.82) is 0 Å². The van der Waals surface area contributed by atoms with E-state index in [-0.39, 0.29) is 6.29 Å². The molecule has 1 aromatic rings. The number of halogens is 3. The second-order valence-corrected chi connectivity index (χ2v) is 2.25. The number of carbonyl (C=O) groups is 1. The van der Waals surface area contributed by atoms with Crippen molar-refractivity contribution in [2.45, 2.75) is 6.43 Å². The van der Waals surface area contributed by atoms with Crippen LogP contribution in [-0.2, 0) is 0 Å². The average molecular weight is 190 g/mol. The van der Waals surface area contributed by atoms with Gasteiger partial charge in [-0.15, -0.1) is 0 Å². The van der Waals surface area contributed by atoms with Crippen LogP contribution in [0.2, 0.25) is 0 Å². The molecule has 0 spiro atoms. The van der Waals surface area contributed by atoms with Crippen LogP contribution in [0, 0.1) is 5.95 Å². The molecular weight excluding hydrogens is 185 g/mol. The van der Waals surface area contributed by atoms with E-state index in [1.807, 2.05) is 0 Å². The summed E-state index contributed by atoms with van der Waals surface area (Å²) >= 11 is 0. The van der Waals surface area contributed by atoms with E-state index in [0.717, 1.165) is 0 Å². The van der Waals surface area contributed by atoms with E-state index in [9.17, 15) is 18.0 Å². The molecule has 0 atom stereocenters. The third-order valence-electron chi connectivity index (χ3n) is 1.42. The van der Waals surface area contributed by atoms with Crippen molar-refractivity contribution in [3.63, 3.8) is 0 Å². The first-order valence-electron chi connectivity index (χ1n) is 3.25. The van der Waals surface area contributed by atoms with E-state index in [2.05, 4.69) is 4.98 Å². The third kappa shape index (κ3) is 1.77. The summed E-state index contributed by atoms with van der Waals surface area (Å²) in [6, 6.07) is 0.647. The zero-order valence-corrected chi connectivity index (χ0v) is 6.30. The minimum Gasteiger partial charge on any atom is -0.398 e. The SMILES string of the molecule is Nc1cc(F)nc(C=O)c1C(F)F. The van der Waals surface area contributed by atoms with Gasteiger partial charge in [0.1, 0.15) is 5.69 Å². The lowest BCUT2D eigenvalue weighted by molar-refractivity contribution is 0.110.